The van der Waals surface area contributed by atoms with Crippen molar-refractivity contribution in [2.45, 2.75) is 59.8 Å². The van der Waals surface area contributed by atoms with E-state index in [1.807, 2.05) is 63.2 Å². The number of carboxylic acids is 1. The third-order valence-corrected chi connectivity index (χ3v) is 5.29. The van der Waals surface area contributed by atoms with E-state index in [0.29, 0.717) is 25.7 Å². The van der Waals surface area contributed by atoms with Gasteiger partial charge in [-0.25, -0.2) is 0 Å². The Labute approximate surface area is 162 Å². The highest BCUT2D eigenvalue weighted by molar-refractivity contribution is 5.98. The van der Waals surface area contributed by atoms with Crippen LogP contribution in [0.4, 0.5) is 0 Å². The first-order valence-electron chi connectivity index (χ1n) is 9.61. The molecule has 0 saturated heterocycles. The van der Waals surface area contributed by atoms with Crippen LogP contribution in [0.5, 0.6) is 0 Å². The van der Waals surface area contributed by atoms with Crippen molar-refractivity contribution in [2.24, 2.45) is 5.41 Å². The van der Waals surface area contributed by atoms with Crippen LogP contribution in [-0.2, 0) is 11.2 Å². The van der Waals surface area contributed by atoms with E-state index in [9.17, 15) is 14.7 Å². The lowest BCUT2D eigenvalue weighted by Crippen LogP contribution is -2.30. The van der Waals surface area contributed by atoms with Crippen molar-refractivity contribution in [3.63, 3.8) is 0 Å². The minimum atomic E-state index is -0.805. The molecule has 3 heteroatoms. The molecule has 1 atom stereocenters. The Morgan fingerprint density at radius 2 is 1.56 bits per heavy atom. The van der Waals surface area contributed by atoms with Crippen LogP contribution < -0.4 is 0 Å². The molecule has 0 fully saturated rings. The highest BCUT2D eigenvalue weighted by atomic mass is 16.4. The van der Waals surface area contributed by atoms with E-state index in [4.69, 9.17) is 0 Å². The fraction of sp³-hybridized carbons (Fsp3) is 0.417. The Hall–Kier alpha value is -2.42. The van der Waals surface area contributed by atoms with Crippen LogP contribution in [-0.4, -0.2) is 16.9 Å². The van der Waals surface area contributed by atoms with Crippen molar-refractivity contribution in [1.82, 2.24) is 0 Å². The van der Waals surface area contributed by atoms with Gasteiger partial charge in [0.15, 0.2) is 5.78 Å². The zero-order valence-electron chi connectivity index (χ0n) is 16.8. The SMILES string of the molecule is Cc1cc(C)c(C(=O)CCCCC(C)(Cc2ccccc2)C(=O)O)c(C)c1. The van der Waals surface area contributed by atoms with Gasteiger partial charge in [0.2, 0.25) is 0 Å². The van der Waals surface area contributed by atoms with Crippen LogP contribution in [0.25, 0.3) is 0 Å². The lowest BCUT2D eigenvalue weighted by atomic mass is 9.79. The van der Waals surface area contributed by atoms with Crippen molar-refractivity contribution in [2.75, 3.05) is 0 Å². The number of carboxylic acid groups (broad SMARTS) is 1. The number of rotatable bonds is 9. The first-order valence-corrected chi connectivity index (χ1v) is 9.61. The van der Waals surface area contributed by atoms with Crippen molar-refractivity contribution < 1.29 is 14.7 Å². The molecule has 2 aromatic carbocycles. The number of carbonyl (C=O) groups is 2. The third-order valence-electron chi connectivity index (χ3n) is 5.29. The largest absolute Gasteiger partial charge is 0.481 e. The molecule has 1 N–H and O–H groups in total. The normalized spacial score (nSPS) is 13.2. The van der Waals surface area contributed by atoms with Gasteiger partial charge in [0, 0.05) is 12.0 Å². The summed E-state index contributed by atoms with van der Waals surface area (Å²) in [4.78, 5) is 24.5. The number of aliphatic carboxylic acids is 1. The highest BCUT2D eigenvalue weighted by Crippen LogP contribution is 2.30. The van der Waals surface area contributed by atoms with Gasteiger partial charge in [0.05, 0.1) is 5.41 Å². The third kappa shape index (κ3) is 5.53. The second kappa shape index (κ2) is 8.98. The summed E-state index contributed by atoms with van der Waals surface area (Å²) in [6, 6.07) is 13.8. The average molecular weight is 367 g/mol. The van der Waals surface area contributed by atoms with Gasteiger partial charge in [-0.1, -0.05) is 54.4 Å². The maximum Gasteiger partial charge on any atom is 0.309 e. The quantitative estimate of drug-likeness (QED) is 0.458. The maximum absolute atomic E-state index is 12.6. The lowest BCUT2D eigenvalue weighted by Gasteiger charge is -2.25. The Balaban J connectivity index is 1.94. The molecule has 0 bridgehead atoms. The highest BCUT2D eigenvalue weighted by Gasteiger charge is 2.32. The van der Waals surface area contributed by atoms with Gasteiger partial charge in [-0.2, -0.15) is 0 Å². The van der Waals surface area contributed by atoms with Crippen LogP contribution in [0, 0.1) is 26.2 Å². The number of hydrogen-bond donors (Lipinski definition) is 1. The summed E-state index contributed by atoms with van der Waals surface area (Å²) in [5.74, 6) is -0.618. The van der Waals surface area contributed by atoms with Crippen LogP contribution in [0.2, 0.25) is 0 Å². The maximum atomic E-state index is 12.6. The Morgan fingerprint density at radius 3 is 2.11 bits per heavy atom. The van der Waals surface area contributed by atoms with Gasteiger partial charge in [-0.15, -0.1) is 0 Å². The lowest BCUT2D eigenvalue weighted by molar-refractivity contribution is -0.148. The van der Waals surface area contributed by atoms with Gasteiger partial charge in [-0.05, 0) is 63.6 Å². The molecule has 0 amide bonds. The van der Waals surface area contributed by atoms with Gasteiger partial charge < -0.3 is 5.11 Å². The number of Topliss-reactive ketones (excluding diaryl/α,β-unsaturated/α-hetero) is 1. The predicted molar refractivity (Wildman–Crippen MR) is 109 cm³/mol. The molecule has 0 aromatic heterocycles. The molecule has 0 radical (unpaired) electrons. The second-order valence-electron chi connectivity index (χ2n) is 7.93. The van der Waals surface area contributed by atoms with E-state index in [1.54, 1.807) is 6.92 Å². The summed E-state index contributed by atoms with van der Waals surface area (Å²) in [7, 11) is 0. The number of carbonyl (C=O) groups excluding carboxylic acids is 1. The Bertz CT molecular complexity index is 785. The van der Waals surface area contributed by atoms with Crippen molar-refractivity contribution in [3.8, 4) is 0 Å². The first kappa shape index (κ1) is 20.9. The fourth-order valence-corrected chi connectivity index (χ4v) is 3.86. The van der Waals surface area contributed by atoms with Crippen molar-refractivity contribution in [3.05, 3.63) is 70.3 Å². The molecule has 27 heavy (non-hydrogen) atoms. The molecule has 0 spiro atoms. The van der Waals surface area contributed by atoms with E-state index in [0.717, 1.165) is 28.7 Å². The number of hydrogen-bond acceptors (Lipinski definition) is 2. The summed E-state index contributed by atoms with van der Waals surface area (Å²) in [5, 5.41) is 9.71. The number of aryl methyl sites for hydroxylation is 3. The second-order valence-corrected chi connectivity index (χ2v) is 7.93. The zero-order chi connectivity index (χ0) is 20.0. The average Bonchev–Trinajstić information content (AvgIpc) is 2.58. The standard InChI is InChI=1S/C24H30O3/c1-17-14-18(2)22(19(3)15-17)21(25)12-8-9-13-24(4,23(26)27)16-20-10-6-5-7-11-20/h5-7,10-11,14-15H,8-9,12-13,16H2,1-4H3,(H,26,27). The molecule has 2 rings (SSSR count). The molecule has 0 aliphatic carbocycles. The van der Waals surface area contributed by atoms with Crippen molar-refractivity contribution >= 4 is 11.8 Å². The Morgan fingerprint density at radius 1 is 0.963 bits per heavy atom. The summed E-state index contributed by atoms with van der Waals surface area (Å²) < 4.78 is 0. The Kier molecular flexibility index (Phi) is 6.95. The fourth-order valence-electron chi connectivity index (χ4n) is 3.86. The van der Waals surface area contributed by atoms with Crippen molar-refractivity contribution in [1.29, 1.82) is 0 Å². The molecule has 2 aromatic rings. The minimum absolute atomic E-state index is 0.157. The van der Waals surface area contributed by atoms with Gasteiger partial charge in [0.1, 0.15) is 0 Å². The summed E-state index contributed by atoms with van der Waals surface area (Å²) >= 11 is 0. The zero-order valence-corrected chi connectivity index (χ0v) is 16.8. The van der Waals surface area contributed by atoms with Crippen LogP contribution in [0.1, 0.15) is 65.2 Å². The van der Waals surface area contributed by atoms with E-state index in [-0.39, 0.29) is 5.78 Å². The predicted octanol–water partition coefficient (Wildman–Crippen LogP) is 5.69. The number of benzene rings is 2. The number of unbranched alkanes of at least 4 members (excludes halogenated alkanes) is 1. The molecule has 144 valence electrons. The summed E-state index contributed by atoms with van der Waals surface area (Å²) in [5.41, 5.74) is 4.27. The molecule has 3 nitrogen and oxygen atoms in total. The van der Waals surface area contributed by atoms with E-state index in [2.05, 4.69) is 0 Å². The van der Waals surface area contributed by atoms with E-state index in [1.165, 1.54) is 5.56 Å². The number of ketones is 1. The smallest absolute Gasteiger partial charge is 0.309 e. The van der Waals surface area contributed by atoms with Crippen LogP contribution >= 0.6 is 0 Å². The molecular weight excluding hydrogens is 336 g/mol. The first-order chi connectivity index (χ1) is 12.7. The van der Waals surface area contributed by atoms with Crippen LogP contribution in [0.15, 0.2) is 42.5 Å². The molecule has 0 aliphatic rings. The molecular formula is C24H30O3. The minimum Gasteiger partial charge on any atom is -0.481 e. The monoisotopic (exact) mass is 366 g/mol. The van der Waals surface area contributed by atoms with Crippen LogP contribution in [0.3, 0.4) is 0 Å². The van der Waals surface area contributed by atoms with Gasteiger partial charge in [0.25, 0.3) is 0 Å². The molecule has 0 heterocycles. The molecule has 0 saturated carbocycles. The summed E-state index contributed by atoms with van der Waals surface area (Å²) in [6.07, 6.45) is 2.98. The van der Waals surface area contributed by atoms with Gasteiger partial charge >= 0.3 is 5.97 Å². The van der Waals surface area contributed by atoms with E-state index < -0.39 is 11.4 Å². The molecule has 0 aliphatic heterocycles. The summed E-state index contributed by atoms with van der Waals surface area (Å²) in [6.45, 7) is 7.80. The van der Waals surface area contributed by atoms with E-state index >= 15 is 0 Å². The van der Waals surface area contributed by atoms with Gasteiger partial charge in [-0.3, -0.25) is 9.59 Å². The topological polar surface area (TPSA) is 54.4 Å². The molecule has 1 unspecified atom stereocenters.